The van der Waals surface area contributed by atoms with Crippen LogP contribution in [0.2, 0.25) is 0 Å². The van der Waals surface area contributed by atoms with Crippen molar-refractivity contribution in [2.75, 3.05) is 13.7 Å². The number of halogens is 6. The van der Waals surface area contributed by atoms with Crippen molar-refractivity contribution in [2.24, 2.45) is 0 Å². The van der Waals surface area contributed by atoms with Gasteiger partial charge in [0.2, 0.25) is 0 Å². The van der Waals surface area contributed by atoms with Crippen LogP contribution in [0.3, 0.4) is 0 Å². The first kappa shape index (κ1) is 17.1. The van der Waals surface area contributed by atoms with Gasteiger partial charge in [-0.15, -0.1) is 0 Å². The highest BCUT2D eigenvalue weighted by atomic mass is 19.4. The van der Waals surface area contributed by atoms with Gasteiger partial charge in [-0.3, -0.25) is 4.79 Å². The zero-order chi connectivity index (χ0) is 16.3. The van der Waals surface area contributed by atoms with Gasteiger partial charge in [-0.25, -0.2) is 0 Å². The van der Waals surface area contributed by atoms with Crippen LogP contribution in [0.15, 0.2) is 18.2 Å². The van der Waals surface area contributed by atoms with E-state index >= 15 is 0 Å². The van der Waals surface area contributed by atoms with Crippen LogP contribution >= 0.6 is 0 Å². The summed E-state index contributed by atoms with van der Waals surface area (Å²) in [6.07, 6.45) is -10.2. The Balaban J connectivity index is 3.00. The Hall–Kier alpha value is -1.93. The number of benzene rings is 1. The van der Waals surface area contributed by atoms with E-state index in [4.69, 9.17) is 4.74 Å². The van der Waals surface area contributed by atoms with Crippen molar-refractivity contribution in [1.82, 2.24) is 0 Å². The smallest absolute Gasteiger partial charge is 0.416 e. The van der Waals surface area contributed by atoms with Crippen molar-refractivity contribution in [2.45, 2.75) is 18.8 Å². The van der Waals surface area contributed by atoms with Crippen LogP contribution in [0.25, 0.3) is 0 Å². The van der Waals surface area contributed by atoms with Crippen molar-refractivity contribution >= 4 is 5.97 Å². The minimum absolute atomic E-state index is 0.00678. The van der Waals surface area contributed by atoms with E-state index in [1.165, 1.54) is 0 Å². The van der Waals surface area contributed by atoms with Gasteiger partial charge in [-0.2, -0.15) is 26.3 Å². The third-order valence-electron chi connectivity index (χ3n) is 2.36. The van der Waals surface area contributed by atoms with E-state index in [-0.39, 0.29) is 12.5 Å². The lowest BCUT2D eigenvalue weighted by Gasteiger charge is -2.14. The molecule has 1 aromatic rings. The highest BCUT2D eigenvalue weighted by Crippen LogP contribution is 2.38. The summed E-state index contributed by atoms with van der Waals surface area (Å²) < 4.78 is 84.3. The second-order valence-corrected chi connectivity index (χ2v) is 3.92. The molecule has 3 nitrogen and oxygen atoms in total. The predicted molar refractivity (Wildman–Crippen MR) is 58.6 cm³/mol. The summed E-state index contributed by atoms with van der Waals surface area (Å²) in [4.78, 5) is 10.8. The molecule has 0 heterocycles. The lowest BCUT2D eigenvalue weighted by Crippen LogP contribution is -2.12. The van der Waals surface area contributed by atoms with Crippen molar-refractivity contribution < 1.29 is 40.6 Å². The predicted octanol–water partition coefficient (Wildman–Crippen LogP) is 3.67. The molecular weight excluding hydrogens is 306 g/mol. The summed E-state index contributed by atoms with van der Waals surface area (Å²) in [6.45, 7) is -0.398. The van der Waals surface area contributed by atoms with Crippen LogP contribution in [-0.2, 0) is 21.9 Å². The molecule has 118 valence electrons. The monoisotopic (exact) mass is 316 g/mol. The van der Waals surface area contributed by atoms with Gasteiger partial charge in [0, 0.05) is 0 Å². The van der Waals surface area contributed by atoms with Gasteiger partial charge in [0.25, 0.3) is 0 Å². The van der Waals surface area contributed by atoms with Crippen LogP contribution < -0.4 is 4.74 Å². The van der Waals surface area contributed by atoms with Crippen LogP contribution in [0.5, 0.6) is 5.75 Å². The van der Waals surface area contributed by atoms with Crippen LogP contribution in [0, 0.1) is 0 Å². The minimum atomic E-state index is -4.94. The fourth-order valence-electron chi connectivity index (χ4n) is 1.36. The Morgan fingerprint density at radius 2 is 1.48 bits per heavy atom. The standard InChI is InChI=1S/C12H10F6O3/c1-20-10(19)2-3-21-9-5-7(11(13,14)15)4-8(6-9)12(16,17)18/h4-6H,2-3H2,1H3. The summed E-state index contributed by atoms with van der Waals surface area (Å²) in [7, 11) is 1.09. The number of carbonyl (C=O) groups is 1. The van der Waals surface area contributed by atoms with Gasteiger partial charge in [0.05, 0.1) is 31.3 Å². The summed E-state index contributed by atoms with van der Waals surface area (Å²) in [5, 5.41) is 0. The third-order valence-corrected chi connectivity index (χ3v) is 2.36. The molecule has 9 heteroatoms. The fraction of sp³-hybridized carbons (Fsp3) is 0.417. The normalized spacial score (nSPS) is 12.1. The molecule has 0 unspecified atom stereocenters. The lowest BCUT2D eigenvalue weighted by molar-refractivity contribution is -0.144. The first-order valence-corrected chi connectivity index (χ1v) is 5.53. The number of hydrogen-bond acceptors (Lipinski definition) is 3. The number of rotatable bonds is 4. The van der Waals surface area contributed by atoms with E-state index in [1.54, 1.807) is 0 Å². The van der Waals surface area contributed by atoms with E-state index in [0.717, 1.165) is 7.11 Å². The van der Waals surface area contributed by atoms with E-state index < -0.39 is 41.8 Å². The van der Waals surface area contributed by atoms with Crippen LogP contribution in [0.1, 0.15) is 17.5 Å². The van der Waals surface area contributed by atoms with Gasteiger partial charge in [0.15, 0.2) is 0 Å². The van der Waals surface area contributed by atoms with Crippen molar-refractivity contribution in [3.63, 3.8) is 0 Å². The summed E-state index contributed by atoms with van der Waals surface area (Å²) in [5.74, 6) is -1.32. The van der Waals surface area contributed by atoms with E-state index in [9.17, 15) is 31.1 Å². The van der Waals surface area contributed by atoms with Gasteiger partial charge in [0.1, 0.15) is 5.75 Å². The first-order chi connectivity index (χ1) is 9.54. The molecule has 0 N–H and O–H groups in total. The van der Waals surface area contributed by atoms with E-state index in [1.807, 2.05) is 0 Å². The number of methoxy groups -OCH3 is 1. The second kappa shape index (κ2) is 6.23. The van der Waals surface area contributed by atoms with Gasteiger partial charge >= 0.3 is 18.3 Å². The number of alkyl halides is 6. The average Bonchev–Trinajstić information content (AvgIpc) is 2.36. The number of ether oxygens (including phenoxy) is 2. The van der Waals surface area contributed by atoms with Gasteiger partial charge in [-0.1, -0.05) is 0 Å². The Kier molecular flexibility index (Phi) is 5.08. The maximum atomic E-state index is 12.5. The molecule has 0 saturated carbocycles. The molecule has 0 fully saturated rings. The first-order valence-electron chi connectivity index (χ1n) is 5.53. The van der Waals surface area contributed by atoms with Crippen molar-refractivity contribution in [3.8, 4) is 5.75 Å². The molecule has 0 bridgehead atoms. The summed E-state index contributed by atoms with van der Waals surface area (Å²) in [6, 6.07) is 0.867. The maximum absolute atomic E-state index is 12.5. The molecule has 0 aliphatic carbocycles. The Morgan fingerprint density at radius 1 is 1.00 bits per heavy atom. The largest absolute Gasteiger partial charge is 0.493 e. The molecular formula is C12H10F6O3. The molecule has 0 aliphatic heterocycles. The molecule has 0 atom stereocenters. The molecule has 0 aromatic heterocycles. The third kappa shape index (κ3) is 5.16. The second-order valence-electron chi connectivity index (χ2n) is 3.92. The lowest BCUT2D eigenvalue weighted by atomic mass is 10.1. The molecule has 0 aliphatic rings. The molecule has 0 radical (unpaired) electrons. The SMILES string of the molecule is COC(=O)CCOc1cc(C(F)(F)F)cc(C(F)(F)F)c1. The van der Waals surface area contributed by atoms with Crippen molar-refractivity contribution in [1.29, 1.82) is 0 Å². The molecule has 1 rings (SSSR count). The van der Waals surface area contributed by atoms with Crippen LogP contribution in [-0.4, -0.2) is 19.7 Å². The molecule has 21 heavy (non-hydrogen) atoms. The average molecular weight is 316 g/mol. The molecule has 0 saturated heterocycles. The highest BCUT2D eigenvalue weighted by Gasteiger charge is 2.37. The number of hydrogen-bond donors (Lipinski definition) is 0. The highest BCUT2D eigenvalue weighted by molar-refractivity contribution is 5.69. The minimum Gasteiger partial charge on any atom is -0.493 e. The maximum Gasteiger partial charge on any atom is 0.416 e. The molecule has 0 spiro atoms. The zero-order valence-electron chi connectivity index (χ0n) is 10.6. The Morgan fingerprint density at radius 3 is 1.86 bits per heavy atom. The number of esters is 1. The van der Waals surface area contributed by atoms with Gasteiger partial charge in [-0.05, 0) is 18.2 Å². The zero-order valence-corrected chi connectivity index (χ0v) is 10.6. The number of carbonyl (C=O) groups excluding carboxylic acids is 1. The van der Waals surface area contributed by atoms with Crippen molar-refractivity contribution in [3.05, 3.63) is 29.3 Å². The van der Waals surface area contributed by atoms with Gasteiger partial charge < -0.3 is 9.47 Å². The van der Waals surface area contributed by atoms with Crippen LogP contribution in [0.4, 0.5) is 26.3 Å². The molecule has 0 amide bonds. The summed E-state index contributed by atoms with van der Waals surface area (Å²) in [5.41, 5.74) is -2.96. The topological polar surface area (TPSA) is 35.5 Å². The molecule has 1 aromatic carbocycles. The Labute approximate surface area is 115 Å². The van der Waals surface area contributed by atoms with E-state index in [2.05, 4.69) is 4.74 Å². The quantitative estimate of drug-likeness (QED) is 0.628. The fourth-order valence-corrected chi connectivity index (χ4v) is 1.36. The van der Waals surface area contributed by atoms with E-state index in [0.29, 0.717) is 12.1 Å². The summed E-state index contributed by atoms with van der Waals surface area (Å²) >= 11 is 0. The Bertz CT molecular complexity index is 474.